The molecule has 1 unspecified atom stereocenters. The van der Waals surface area contributed by atoms with E-state index in [0.717, 1.165) is 21.3 Å². The lowest BCUT2D eigenvalue weighted by atomic mass is 10.1. The minimum atomic E-state index is -0.345. The van der Waals surface area contributed by atoms with Gasteiger partial charge in [0.1, 0.15) is 0 Å². The number of benzene rings is 2. The van der Waals surface area contributed by atoms with Gasteiger partial charge in [0.2, 0.25) is 0 Å². The number of aryl methyl sites for hydroxylation is 1. The van der Waals surface area contributed by atoms with E-state index in [1.165, 1.54) is 13.2 Å². The highest BCUT2D eigenvalue weighted by molar-refractivity contribution is 9.10. The Labute approximate surface area is 127 Å². The fourth-order valence-corrected chi connectivity index (χ4v) is 2.37. The number of methoxy groups -OCH3 is 1. The maximum Gasteiger partial charge on any atom is 0.165 e. The van der Waals surface area contributed by atoms with Crippen LogP contribution in [0.4, 0.5) is 10.1 Å². The SMILES string of the molecule is COc1cc(C(C)Nc2cc(Br)ccc2C)ccc1F. The summed E-state index contributed by atoms with van der Waals surface area (Å²) in [5.41, 5.74) is 3.19. The van der Waals surface area contributed by atoms with Crippen LogP contribution in [0.2, 0.25) is 0 Å². The fraction of sp³-hybridized carbons (Fsp3) is 0.250. The fourth-order valence-electron chi connectivity index (χ4n) is 2.01. The molecule has 1 N–H and O–H groups in total. The first-order valence-electron chi connectivity index (χ1n) is 6.37. The first kappa shape index (κ1) is 14.9. The zero-order chi connectivity index (χ0) is 14.7. The molecule has 0 fully saturated rings. The second kappa shape index (κ2) is 6.27. The van der Waals surface area contributed by atoms with Crippen molar-refractivity contribution in [1.82, 2.24) is 0 Å². The molecule has 0 aliphatic carbocycles. The second-order valence-electron chi connectivity index (χ2n) is 4.72. The highest BCUT2D eigenvalue weighted by Gasteiger charge is 2.10. The molecule has 0 heterocycles. The van der Waals surface area contributed by atoms with E-state index in [9.17, 15) is 4.39 Å². The predicted molar refractivity (Wildman–Crippen MR) is 83.9 cm³/mol. The van der Waals surface area contributed by atoms with Gasteiger partial charge >= 0.3 is 0 Å². The highest BCUT2D eigenvalue weighted by atomic mass is 79.9. The van der Waals surface area contributed by atoms with Crippen molar-refractivity contribution in [3.63, 3.8) is 0 Å². The number of hydrogen-bond donors (Lipinski definition) is 1. The van der Waals surface area contributed by atoms with Crippen LogP contribution in [0.3, 0.4) is 0 Å². The van der Waals surface area contributed by atoms with E-state index >= 15 is 0 Å². The lowest BCUT2D eigenvalue weighted by Crippen LogP contribution is -2.08. The van der Waals surface area contributed by atoms with Crippen LogP contribution in [0.1, 0.15) is 24.1 Å². The first-order valence-corrected chi connectivity index (χ1v) is 7.16. The number of halogens is 2. The van der Waals surface area contributed by atoms with Crippen molar-refractivity contribution in [2.45, 2.75) is 19.9 Å². The summed E-state index contributed by atoms with van der Waals surface area (Å²) in [5.74, 6) is -0.0794. The molecule has 0 radical (unpaired) electrons. The van der Waals surface area contributed by atoms with Crippen LogP contribution < -0.4 is 10.1 Å². The summed E-state index contributed by atoms with van der Waals surface area (Å²) in [4.78, 5) is 0. The molecule has 0 aromatic heterocycles. The third kappa shape index (κ3) is 3.31. The second-order valence-corrected chi connectivity index (χ2v) is 5.63. The van der Waals surface area contributed by atoms with Crippen LogP contribution >= 0.6 is 15.9 Å². The number of ether oxygens (including phenoxy) is 1. The van der Waals surface area contributed by atoms with Crippen molar-refractivity contribution in [1.29, 1.82) is 0 Å². The lowest BCUT2D eigenvalue weighted by Gasteiger charge is -2.18. The van der Waals surface area contributed by atoms with Crippen LogP contribution in [0.15, 0.2) is 40.9 Å². The van der Waals surface area contributed by atoms with Crippen molar-refractivity contribution in [3.8, 4) is 5.75 Å². The Morgan fingerprint density at radius 3 is 2.65 bits per heavy atom. The Hall–Kier alpha value is -1.55. The topological polar surface area (TPSA) is 21.3 Å². The molecule has 4 heteroatoms. The summed E-state index contributed by atoms with van der Waals surface area (Å²) in [7, 11) is 1.47. The Balaban J connectivity index is 2.23. The van der Waals surface area contributed by atoms with Crippen LogP contribution in [0.25, 0.3) is 0 Å². The minimum absolute atomic E-state index is 0.0532. The Bertz CT molecular complexity index is 615. The third-order valence-electron chi connectivity index (χ3n) is 3.25. The monoisotopic (exact) mass is 337 g/mol. The standard InChI is InChI=1S/C16H17BrFNO/c1-10-4-6-13(17)9-15(10)19-11(2)12-5-7-14(18)16(8-12)20-3/h4-9,11,19H,1-3H3. The zero-order valence-corrected chi connectivity index (χ0v) is 13.3. The molecule has 1 atom stereocenters. The molecule has 2 nitrogen and oxygen atoms in total. The molecule has 2 aromatic rings. The summed E-state index contributed by atoms with van der Waals surface area (Å²) in [6.07, 6.45) is 0. The molecule has 106 valence electrons. The molecule has 2 aromatic carbocycles. The van der Waals surface area contributed by atoms with E-state index in [-0.39, 0.29) is 17.6 Å². The number of rotatable bonds is 4. The third-order valence-corrected chi connectivity index (χ3v) is 3.74. The molecule has 0 amide bonds. The van der Waals surface area contributed by atoms with Gasteiger partial charge in [0, 0.05) is 16.2 Å². The van der Waals surface area contributed by atoms with E-state index in [1.54, 1.807) is 12.1 Å². The molecule has 0 saturated carbocycles. The van der Waals surface area contributed by atoms with E-state index in [2.05, 4.69) is 21.2 Å². The summed E-state index contributed by atoms with van der Waals surface area (Å²) in [6, 6.07) is 11.1. The summed E-state index contributed by atoms with van der Waals surface area (Å²) in [6.45, 7) is 4.08. The number of anilines is 1. The summed E-state index contributed by atoms with van der Waals surface area (Å²) in [5, 5.41) is 3.43. The van der Waals surface area contributed by atoms with Crippen molar-refractivity contribution in [2.75, 3.05) is 12.4 Å². The van der Waals surface area contributed by atoms with Crippen molar-refractivity contribution >= 4 is 21.6 Å². The summed E-state index contributed by atoms with van der Waals surface area (Å²) < 4.78 is 19.5. The largest absolute Gasteiger partial charge is 0.494 e. The maximum absolute atomic E-state index is 13.4. The Morgan fingerprint density at radius 2 is 1.95 bits per heavy atom. The molecule has 0 saturated heterocycles. The highest BCUT2D eigenvalue weighted by Crippen LogP contribution is 2.27. The molecule has 2 rings (SSSR count). The average molecular weight is 338 g/mol. The predicted octanol–water partition coefficient (Wildman–Crippen LogP) is 5.08. The van der Waals surface area contributed by atoms with Gasteiger partial charge in [0.15, 0.2) is 11.6 Å². The van der Waals surface area contributed by atoms with Crippen LogP contribution in [-0.2, 0) is 0 Å². The molecular weight excluding hydrogens is 321 g/mol. The lowest BCUT2D eigenvalue weighted by molar-refractivity contribution is 0.385. The van der Waals surface area contributed by atoms with E-state index in [4.69, 9.17) is 4.74 Å². The molecule has 0 bridgehead atoms. The Kier molecular flexibility index (Phi) is 4.65. The zero-order valence-electron chi connectivity index (χ0n) is 11.7. The molecule has 20 heavy (non-hydrogen) atoms. The normalized spacial score (nSPS) is 12.1. The van der Waals surface area contributed by atoms with Crippen molar-refractivity contribution < 1.29 is 9.13 Å². The Morgan fingerprint density at radius 1 is 1.20 bits per heavy atom. The quantitative estimate of drug-likeness (QED) is 0.840. The van der Waals surface area contributed by atoms with Crippen LogP contribution in [-0.4, -0.2) is 7.11 Å². The van der Waals surface area contributed by atoms with Crippen LogP contribution in [0, 0.1) is 12.7 Å². The van der Waals surface area contributed by atoms with Gasteiger partial charge in [-0.1, -0.05) is 28.1 Å². The van der Waals surface area contributed by atoms with Gasteiger partial charge in [-0.05, 0) is 49.2 Å². The molecule has 0 aliphatic rings. The summed E-state index contributed by atoms with van der Waals surface area (Å²) >= 11 is 3.47. The maximum atomic E-state index is 13.4. The molecular formula is C16H17BrFNO. The van der Waals surface area contributed by atoms with E-state index in [0.29, 0.717) is 0 Å². The van der Waals surface area contributed by atoms with Gasteiger partial charge in [0.05, 0.1) is 7.11 Å². The van der Waals surface area contributed by atoms with E-state index in [1.807, 2.05) is 32.0 Å². The van der Waals surface area contributed by atoms with E-state index < -0.39 is 0 Å². The molecule has 0 aliphatic heterocycles. The number of hydrogen-bond acceptors (Lipinski definition) is 2. The van der Waals surface area contributed by atoms with Gasteiger partial charge in [-0.15, -0.1) is 0 Å². The van der Waals surface area contributed by atoms with Crippen LogP contribution in [0.5, 0.6) is 5.75 Å². The smallest absolute Gasteiger partial charge is 0.165 e. The van der Waals surface area contributed by atoms with Gasteiger partial charge in [-0.2, -0.15) is 0 Å². The first-order chi connectivity index (χ1) is 9.51. The van der Waals surface area contributed by atoms with Gasteiger partial charge in [-0.25, -0.2) is 4.39 Å². The van der Waals surface area contributed by atoms with Gasteiger partial charge < -0.3 is 10.1 Å². The minimum Gasteiger partial charge on any atom is -0.494 e. The number of nitrogens with one attached hydrogen (secondary N) is 1. The van der Waals surface area contributed by atoms with Gasteiger partial charge in [-0.3, -0.25) is 0 Å². The van der Waals surface area contributed by atoms with Gasteiger partial charge in [0.25, 0.3) is 0 Å². The van der Waals surface area contributed by atoms with Crippen molar-refractivity contribution in [3.05, 3.63) is 57.8 Å². The molecule has 0 spiro atoms. The van der Waals surface area contributed by atoms with Crippen molar-refractivity contribution in [2.24, 2.45) is 0 Å². The average Bonchev–Trinajstić information content (AvgIpc) is 2.43.